The maximum Gasteiger partial charge on any atom is 0.129 e. The number of hydrogen-bond acceptors (Lipinski definition) is 6. The number of benzene rings is 3. The molecule has 0 heterocycles. The first kappa shape index (κ1) is 16.9. The molecule has 0 amide bonds. The predicted octanol–water partition coefficient (Wildman–Crippen LogP) is 2.72. The van der Waals surface area contributed by atoms with Crippen LogP contribution in [0.2, 0.25) is 0 Å². The molecule has 4 rings (SSSR count). The molecule has 0 fully saturated rings. The molecule has 136 valence electrons. The van der Waals surface area contributed by atoms with Crippen LogP contribution in [0.3, 0.4) is 0 Å². The Morgan fingerprint density at radius 2 is 1.62 bits per heavy atom. The molecule has 0 saturated heterocycles. The maximum absolute atomic E-state index is 10.8. The predicted molar refractivity (Wildman–Crippen MR) is 96.2 cm³/mol. The van der Waals surface area contributed by atoms with Gasteiger partial charge >= 0.3 is 0 Å². The first-order valence-corrected chi connectivity index (χ1v) is 8.50. The van der Waals surface area contributed by atoms with Crippen LogP contribution in [-0.4, -0.2) is 36.2 Å². The molecule has 0 bridgehead atoms. The van der Waals surface area contributed by atoms with Crippen molar-refractivity contribution < 1.29 is 30.6 Å². The van der Waals surface area contributed by atoms with Crippen molar-refractivity contribution in [2.24, 2.45) is 0 Å². The highest BCUT2D eigenvalue weighted by atomic mass is 16.3. The number of hydrogen-bond donors (Lipinski definition) is 6. The van der Waals surface area contributed by atoms with Crippen LogP contribution in [0.15, 0.2) is 30.3 Å². The SMILES string of the molecule is CC[C@@]1(O)CC(O)c2c(c(O)c3cc4cccc(O)c4cc3c2O)C1O. The minimum atomic E-state index is -1.60. The Balaban J connectivity index is 2.13. The van der Waals surface area contributed by atoms with Gasteiger partial charge in [-0.05, 0) is 30.0 Å². The molecule has 0 aromatic heterocycles. The van der Waals surface area contributed by atoms with Gasteiger partial charge in [0.05, 0.1) is 11.7 Å². The Morgan fingerprint density at radius 3 is 2.31 bits per heavy atom. The lowest BCUT2D eigenvalue weighted by Crippen LogP contribution is -2.41. The largest absolute Gasteiger partial charge is 0.507 e. The Bertz CT molecular complexity index is 1040. The highest BCUT2D eigenvalue weighted by molar-refractivity contribution is 6.06. The number of fused-ring (bicyclic) bond motifs is 3. The molecule has 3 aromatic carbocycles. The van der Waals surface area contributed by atoms with Gasteiger partial charge in [0.2, 0.25) is 0 Å². The van der Waals surface area contributed by atoms with Gasteiger partial charge in [0.25, 0.3) is 0 Å². The molecule has 6 heteroatoms. The zero-order chi connectivity index (χ0) is 18.8. The number of aromatic hydroxyl groups is 3. The summed E-state index contributed by atoms with van der Waals surface area (Å²) in [5.74, 6) is -0.541. The molecule has 0 spiro atoms. The van der Waals surface area contributed by atoms with Gasteiger partial charge < -0.3 is 30.6 Å². The van der Waals surface area contributed by atoms with Crippen molar-refractivity contribution in [2.75, 3.05) is 0 Å². The molecule has 0 saturated carbocycles. The van der Waals surface area contributed by atoms with E-state index in [1.165, 1.54) is 12.1 Å². The standard InChI is InChI=1S/C20H20O6/c1-2-20(26)8-14(22)15-16(19(20)25)18(24)11-6-9-4-3-5-13(21)10(9)7-12(11)17(15)23/h3-7,14,19,21-26H,2,8H2,1H3/t14?,19?,20-/m1/s1. The van der Waals surface area contributed by atoms with E-state index < -0.39 is 17.8 Å². The molecule has 26 heavy (non-hydrogen) atoms. The maximum atomic E-state index is 10.8. The third-order valence-corrected chi connectivity index (χ3v) is 5.58. The van der Waals surface area contributed by atoms with Crippen molar-refractivity contribution in [1.29, 1.82) is 0 Å². The quantitative estimate of drug-likeness (QED) is 0.294. The van der Waals surface area contributed by atoms with E-state index in [1.54, 1.807) is 25.1 Å². The van der Waals surface area contributed by atoms with Gasteiger partial charge in [-0.25, -0.2) is 0 Å². The number of aliphatic hydroxyl groups excluding tert-OH is 2. The van der Waals surface area contributed by atoms with Gasteiger partial charge in [0, 0.05) is 33.7 Å². The van der Waals surface area contributed by atoms with E-state index in [2.05, 4.69) is 0 Å². The van der Waals surface area contributed by atoms with Crippen LogP contribution >= 0.6 is 0 Å². The van der Waals surface area contributed by atoms with Crippen molar-refractivity contribution in [2.45, 2.75) is 37.6 Å². The normalized spacial score (nSPS) is 25.5. The number of aliphatic hydroxyl groups is 3. The fraction of sp³-hybridized carbons (Fsp3) is 0.300. The van der Waals surface area contributed by atoms with Crippen molar-refractivity contribution >= 4 is 21.5 Å². The lowest BCUT2D eigenvalue weighted by molar-refractivity contribution is -0.117. The average Bonchev–Trinajstić information content (AvgIpc) is 2.62. The number of phenolic OH excluding ortho intramolecular Hbond substituents is 3. The first-order chi connectivity index (χ1) is 12.3. The second kappa shape index (κ2) is 5.48. The number of phenols is 3. The van der Waals surface area contributed by atoms with Crippen molar-refractivity contribution in [3.8, 4) is 17.2 Å². The molecular formula is C20H20O6. The monoisotopic (exact) mass is 356 g/mol. The van der Waals surface area contributed by atoms with E-state index >= 15 is 0 Å². The van der Waals surface area contributed by atoms with Crippen molar-refractivity contribution in [3.63, 3.8) is 0 Å². The molecule has 0 aliphatic heterocycles. The summed E-state index contributed by atoms with van der Waals surface area (Å²) in [6.07, 6.45) is -2.67. The fourth-order valence-electron chi connectivity index (χ4n) is 4.01. The second-order valence-electron chi connectivity index (χ2n) is 7.00. The highest BCUT2D eigenvalue weighted by Gasteiger charge is 2.46. The van der Waals surface area contributed by atoms with E-state index in [1.807, 2.05) is 0 Å². The fourth-order valence-corrected chi connectivity index (χ4v) is 4.01. The molecule has 6 nitrogen and oxygen atoms in total. The van der Waals surface area contributed by atoms with Crippen LogP contribution in [0, 0.1) is 0 Å². The van der Waals surface area contributed by atoms with Gasteiger partial charge in [-0.3, -0.25) is 0 Å². The second-order valence-corrected chi connectivity index (χ2v) is 7.00. The molecule has 3 atom stereocenters. The average molecular weight is 356 g/mol. The minimum Gasteiger partial charge on any atom is -0.507 e. The van der Waals surface area contributed by atoms with Crippen LogP contribution in [0.25, 0.3) is 21.5 Å². The van der Waals surface area contributed by atoms with E-state index in [9.17, 15) is 30.6 Å². The van der Waals surface area contributed by atoms with Crippen molar-refractivity contribution in [3.05, 3.63) is 41.5 Å². The van der Waals surface area contributed by atoms with Crippen LogP contribution < -0.4 is 0 Å². The molecule has 6 N–H and O–H groups in total. The minimum absolute atomic E-state index is 0.00963. The van der Waals surface area contributed by atoms with Crippen LogP contribution in [-0.2, 0) is 0 Å². The van der Waals surface area contributed by atoms with E-state index in [0.29, 0.717) is 10.8 Å². The third kappa shape index (κ3) is 2.10. The highest BCUT2D eigenvalue weighted by Crippen LogP contribution is 2.54. The lowest BCUT2D eigenvalue weighted by Gasteiger charge is -2.40. The molecule has 3 aromatic rings. The zero-order valence-electron chi connectivity index (χ0n) is 14.1. The summed E-state index contributed by atoms with van der Waals surface area (Å²) >= 11 is 0. The van der Waals surface area contributed by atoms with Gasteiger partial charge in [-0.15, -0.1) is 0 Å². The number of rotatable bonds is 1. The van der Waals surface area contributed by atoms with Gasteiger partial charge in [-0.2, -0.15) is 0 Å². The summed E-state index contributed by atoms with van der Waals surface area (Å²) in [7, 11) is 0. The summed E-state index contributed by atoms with van der Waals surface area (Å²) in [5.41, 5.74) is -1.65. The van der Waals surface area contributed by atoms with Crippen LogP contribution in [0.5, 0.6) is 17.2 Å². The van der Waals surface area contributed by atoms with Crippen LogP contribution in [0.1, 0.15) is 43.1 Å². The van der Waals surface area contributed by atoms with Gasteiger partial charge in [0.15, 0.2) is 0 Å². The first-order valence-electron chi connectivity index (χ1n) is 8.50. The summed E-state index contributed by atoms with van der Waals surface area (Å²) in [4.78, 5) is 0. The summed E-state index contributed by atoms with van der Waals surface area (Å²) < 4.78 is 0. The van der Waals surface area contributed by atoms with Gasteiger partial charge in [0.1, 0.15) is 23.4 Å². The van der Waals surface area contributed by atoms with Crippen LogP contribution in [0.4, 0.5) is 0 Å². The Kier molecular flexibility index (Phi) is 3.56. The molecular weight excluding hydrogens is 336 g/mol. The Morgan fingerprint density at radius 1 is 0.962 bits per heavy atom. The summed E-state index contributed by atoms with van der Waals surface area (Å²) in [6, 6.07) is 8.06. The molecule has 1 aliphatic rings. The molecule has 1 aliphatic carbocycles. The summed E-state index contributed by atoms with van der Waals surface area (Å²) in [5, 5.41) is 65.0. The Hall–Kier alpha value is -2.54. The molecule has 2 unspecified atom stereocenters. The van der Waals surface area contributed by atoms with E-state index in [0.717, 1.165) is 0 Å². The van der Waals surface area contributed by atoms with E-state index in [4.69, 9.17) is 0 Å². The van der Waals surface area contributed by atoms with Crippen molar-refractivity contribution in [1.82, 2.24) is 0 Å². The van der Waals surface area contributed by atoms with E-state index in [-0.39, 0.29) is 52.0 Å². The Labute approximate surface area is 149 Å². The lowest BCUT2D eigenvalue weighted by atomic mass is 9.73. The van der Waals surface area contributed by atoms with Gasteiger partial charge in [-0.1, -0.05) is 19.1 Å². The zero-order valence-corrected chi connectivity index (χ0v) is 14.1. The smallest absolute Gasteiger partial charge is 0.129 e. The topological polar surface area (TPSA) is 121 Å². The molecule has 0 radical (unpaired) electrons. The third-order valence-electron chi connectivity index (χ3n) is 5.58. The summed E-state index contributed by atoms with van der Waals surface area (Å²) in [6.45, 7) is 1.68.